The maximum absolute atomic E-state index is 15.3. The number of ketones is 1. The van der Waals surface area contributed by atoms with Crippen LogP contribution in [0.1, 0.15) is 91.0 Å². The summed E-state index contributed by atoms with van der Waals surface area (Å²) in [4.78, 5) is 15.3. The zero-order chi connectivity index (χ0) is 41.3. The van der Waals surface area contributed by atoms with Crippen molar-refractivity contribution < 1.29 is 40.2 Å². The highest BCUT2D eigenvalue weighted by atomic mass is 16.5. The van der Waals surface area contributed by atoms with Crippen molar-refractivity contribution in [3.05, 3.63) is 94.6 Å². The minimum atomic E-state index is -1.56. The summed E-state index contributed by atoms with van der Waals surface area (Å²) in [5, 5.41) is 76.0. The molecule has 1 spiro atoms. The summed E-state index contributed by atoms with van der Waals surface area (Å²) >= 11 is 0. The number of aliphatic hydroxyl groups is 3. The number of benzene rings is 3. The Kier molecular flexibility index (Phi) is 10.2. The summed E-state index contributed by atoms with van der Waals surface area (Å²) < 4.78 is 5.56. The van der Waals surface area contributed by atoms with Crippen LogP contribution < -0.4 is 15.4 Å². The maximum Gasteiger partial charge on any atom is 0.160 e. The Labute approximate surface area is 346 Å². The van der Waals surface area contributed by atoms with Gasteiger partial charge < -0.3 is 46.0 Å². The van der Waals surface area contributed by atoms with Gasteiger partial charge in [0.2, 0.25) is 0 Å². The number of fused-ring (bicyclic) bond motifs is 1. The number of hydrogen-bond donors (Lipinski definition) is 8. The Balaban J connectivity index is 1.32. The monoisotopic (exact) mass is 802 g/mol. The molecule has 0 unspecified atom stereocenters. The highest BCUT2D eigenvalue weighted by molar-refractivity contribution is 5.81. The number of allylic oxidation sites excluding steroid dienone is 1. The zero-order valence-corrected chi connectivity index (χ0v) is 34.1. The lowest BCUT2D eigenvalue weighted by Crippen LogP contribution is -2.88. The summed E-state index contributed by atoms with van der Waals surface area (Å²) in [6.07, 6.45) is 9.62. The Bertz CT molecular complexity index is 2220. The number of methoxy groups -OCH3 is 1. The van der Waals surface area contributed by atoms with E-state index >= 15 is 4.79 Å². The molecule has 9 rings (SSSR count). The summed E-state index contributed by atoms with van der Waals surface area (Å²) in [7, 11) is 3.41. The van der Waals surface area contributed by atoms with Crippen molar-refractivity contribution in [2.24, 2.45) is 35.0 Å². The summed E-state index contributed by atoms with van der Waals surface area (Å²) in [6, 6.07) is 16.8. The van der Waals surface area contributed by atoms with E-state index in [4.69, 9.17) is 4.74 Å². The Morgan fingerprint density at radius 1 is 0.983 bits per heavy atom. The van der Waals surface area contributed by atoms with Gasteiger partial charge in [0.05, 0.1) is 19.3 Å². The van der Waals surface area contributed by atoms with Crippen LogP contribution >= 0.6 is 0 Å². The molecule has 11 atom stereocenters. The van der Waals surface area contributed by atoms with Crippen molar-refractivity contribution >= 4 is 5.78 Å². The Hall–Kier alpha value is -4.37. The number of hydrogen-bond acceptors (Lipinski definition) is 10. The third kappa shape index (κ3) is 5.75. The molecule has 312 valence electrons. The number of phenolic OH excluding ortho intramolecular Hbond substituents is 3. The summed E-state index contributed by atoms with van der Waals surface area (Å²) in [5.74, 6) is 4.82. The van der Waals surface area contributed by atoms with Gasteiger partial charge in [-0.15, -0.1) is 0 Å². The number of aromatic hydroxyl groups is 3. The van der Waals surface area contributed by atoms with Gasteiger partial charge in [0.15, 0.2) is 23.0 Å². The second-order valence-electron chi connectivity index (χ2n) is 18.5. The van der Waals surface area contributed by atoms with Crippen LogP contribution in [0.15, 0.2) is 66.7 Å². The number of likely N-dealkylation sites (N-methyl/N-ethyl adjacent to an activating group) is 1. The van der Waals surface area contributed by atoms with Gasteiger partial charge in [0, 0.05) is 78.5 Å². The van der Waals surface area contributed by atoms with Crippen LogP contribution in [0, 0.1) is 46.8 Å². The number of Topliss-reactive ketones (excluding diaryl/α,β-unsaturated/α-hetero) is 1. The smallest absolute Gasteiger partial charge is 0.160 e. The van der Waals surface area contributed by atoms with E-state index < -0.39 is 39.7 Å². The number of ether oxygens (including phenoxy) is 1. The first-order valence-corrected chi connectivity index (χ1v) is 21.6. The molecule has 6 aliphatic rings. The van der Waals surface area contributed by atoms with Gasteiger partial charge in [-0.2, -0.15) is 0 Å². The first-order chi connectivity index (χ1) is 28.5. The average Bonchev–Trinajstić information content (AvgIpc) is 3.22. The van der Waals surface area contributed by atoms with Crippen molar-refractivity contribution in [1.29, 1.82) is 0 Å². The van der Waals surface area contributed by atoms with Crippen molar-refractivity contribution in [3.8, 4) is 34.8 Å². The quantitative estimate of drug-likeness (QED) is 0.0763. The van der Waals surface area contributed by atoms with E-state index in [1.54, 1.807) is 18.2 Å². The molecule has 1 saturated heterocycles. The molecule has 10 heteroatoms. The fourth-order valence-electron chi connectivity index (χ4n) is 14.1. The minimum absolute atomic E-state index is 0.0217. The molecule has 0 radical (unpaired) electrons. The fraction of sp³-hybridized carbons (Fsp3) is 0.531. The molecule has 8 N–H and O–H groups in total. The number of rotatable bonds is 10. The SMILES string of the molecule is CNC[C@H]1C[C@]23C=C[C@H]4[C@@H](CCCO)[C@]5(O)CC(=O)C[C@@H](c6cc(OC)c(O)cc6CO)[C@@H](Cc6ccccc6)C#C[C@@H]6CN[C@@]4(CCC2)[C@@]3(c2cc(O)c(O)cc21)[C@@H]65. The van der Waals surface area contributed by atoms with E-state index in [1.165, 1.54) is 13.2 Å². The van der Waals surface area contributed by atoms with Crippen molar-refractivity contribution in [2.75, 3.05) is 33.9 Å². The fourth-order valence-corrected chi connectivity index (χ4v) is 14.1. The first kappa shape index (κ1) is 40.1. The molecule has 0 amide bonds. The van der Waals surface area contributed by atoms with Crippen LogP contribution in [0.5, 0.6) is 23.0 Å². The van der Waals surface area contributed by atoms with Crippen LogP contribution in [0.25, 0.3) is 0 Å². The second kappa shape index (κ2) is 15.0. The molecule has 10 nitrogen and oxygen atoms in total. The van der Waals surface area contributed by atoms with Gasteiger partial charge in [0.25, 0.3) is 0 Å². The third-order valence-corrected chi connectivity index (χ3v) is 15.9. The topological polar surface area (TPSA) is 172 Å². The van der Waals surface area contributed by atoms with Crippen LogP contribution in [0.3, 0.4) is 0 Å². The van der Waals surface area contributed by atoms with Crippen molar-refractivity contribution in [1.82, 2.24) is 10.6 Å². The molecule has 5 aliphatic carbocycles. The minimum Gasteiger partial charge on any atom is -0.504 e. The molecule has 3 fully saturated rings. The average molecular weight is 803 g/mol. The molecule has 1 heterocycles. The predicted molar refractivity (Wildman–Crippen MR) is 223 cm³/mol. The van der Waals surface area contributed by atoms with Gasteiger partial charge in [-0.1, -0.05) is 60.7 Å². The van der Waals surface area contributed by atoms with E-state index in [0.29, 0.717) is 43.5 Å². The number of nitrogens with one attached hydrogen (secondary N) is 2. The van der Waals surface area contributed by atoms with Crippen LogP contribution in [-0.2, 0) is 23.2 Å². The van der Waals surface area contributed by atoms with E-state index in [2.05, 4.69) is 46.8 Å². The van der Waals surface area contributed by atoms with Crippen molar-refractivity contribution in [3.63, 3.8) is 0 Å². The molecule has 5 bridgehead atoms. The standard InChI is InChI=1S/C49H58N2O8/c1-50-26-33-24-46-14-7-15-48-39(13-16-46)38(10-6-17-52)47(58)25-34(54)20-35(36-22-44(59-2)43(57)19-32(36)28-53)30(18-29-8-4-3-5-9-29)11-12-31(27-51-48)45(47)49(46,48)40-23-42(56)41(55)21-37(33)40/h3-5,8-9,13,16,19,21-23,30-31,33,35,38-39,45,50-53,55-58H,6-7,10,14-15,17-18,20,24-28H2,1-2H3/t30-,31-,33-,35-,38-,39+,45+,46-,47-,48-,49+/m1/s1. The molecule has 3 aromatic rings. The molecule has 59 heavy (non-hydrogen) atoms. The molecular formula is C49H58N2O8. The maximum atomic E-state index is 15.3. The highest BCUT2D eigenvalue weighted by Crippen LogP contribution is 2.79. The lowest BCUT2D eigenvalue weighted by Gasteiger charge is -2.80. The van der Waals surface area contributed by atoms with Gasteiger partial charge >= 0.3 is 0 Å². The van der Waals surface area contributed by atoms with Crippen LogP contribution in [-0.4, -0.2) is 81.4 Å². The summed E-state index contributed by atoms with van der Waals surface area (Å²) in [6.45, 7) is 0.767. The van der Waals surface area contributed by atoms with Gasteiger partial charge in [-0.05, 0) is 109 Å². The molecule has 1 aliphatic heterocycles. The molecule has 3 aromatic carbocycles. The van der Waals surface area contributed by atoms with E-state index in [9.17, 15) is 30.6 Å². The number of piperidine rings is 1. The lowest BCUT2D eigenvalue weighted by molar-refractivity contribution is -0.259. The molecule has 0 aromatic heterocycles. The Morgan fingerprint density at radius 2 is 1.78 bits per heavy atom. The zero-order valence-electron chi connectivity index (χ0n) is 34.1. The molecular weight excluding hydrogens is 745 g/mol. The number of phenols is 3. The van der Waals surface area contributed by atoms with Gasteiger partial charge in [-0.25, -0.2) is 0 Å². The van der Waals surface area contributed by atoms with E-state index in [1.807, 2.05) is 25.2 Å². The number of carbonyl (C=O) groups is 1. The number of carbonyl (C=O) groups excluding carboxylic acids is 1. The second-order valence-corrected chi connectivity index (χ2v) is 18.5. The number of aliphatic hydroxyl groups excluding tert-OH is 2. The van der Waals surface area contributed by atoms with Gasteiger partial charge in [0.1, 0.15) is 5.78 Å². The largest absolute Gasteiger partial charge is 0.504 e. The first-order valence-electron chi connectivity index (χ1n) is 21.6. The molecule has 2 saturated carbocycles. The summed E-state index contributed by atoms with van der Waals surface area (Å²) in [5.41, 5.74) is 0.753. The predicted octanol–water partition coefficient (Wildman–Crippen LogP) is 5.32. The van der Waals surface area contributed by atoms with E-state index in [0.717, 1.165) is 42.4 Å². The third-order valence-electron chi connectivity index (χ3n) is 15.9. The van der Waals surface area contributed by atoms with Gasteiger partial charge in [-0.3, -0.25) is 4.79 Å². The van der Waals surface area contributed by atoms with Crippen molar-refractivity contribution in [2.45, 2.75) is 92.8 Å². The van der Waals surface area contributed by atoms with Crippen LogP contribution in [0.2, 0.25) is 0 Å². The lowest BCUT2D eigenvalue weighted by atomic mass is 9.26. The van der Waals surface area contributed by atoms with E-state index in [-0.39, 0.29) is 78.5 Å². The highest BCUT2D eigenvalue weighted by Gasteiger charge is 2.82. The van der Waals surface area contributed by atoms with Crippen LogP contribution in [0.4, 0.5) is 0 Å². The normalized spacial score (nSPS) is 36.4. The Morgan fingerprint density at radius 3 is 2.53 bits per heavy atom.